The van der Waals surface area contributed by atoms with Crippen LogP contribution in [0.15, 0.2) is 0 Å². The Morgan fingerprint density at radius 2 is 0.824 bits per heavy atom. The van der Waals surface area contributed by atoms with Crippen molar-refractivity contribution in [2.75, 3.05) is 13.2 Å². The molecule has 1 aliphatic rings. The Morgan fingerprint density at radius 3 is 0.882 bits per heavy atom. The van der Waals surface area contributed by atoms with Crippen LogP contribution in [0.4, 0.5) is 0 Å². The van der Waals surface area contributed by atoms with Gasteiger partial charge in [-0.25, -0.2) is 40.8 Å². The highest BCUT2D eigenvalue weighted by atomic mass is 16.5. The van der Waals surface area contributed by atoms with Crippen molar-refractivity contribution >= 4 is 24.3 Å². The molecule has 0 radical (unpaired) electrons. The number of hydrogen-bond donors (Lipinski definition) is 4. The molecule has 17 heavy (non-hydrogen) atoms. The van der Waals surface area contributed by atoms with Crippen molar-refractivity contribution in [3.05, 3.63) is 0 Å². The van der Waals surface area contributed by atoms with Gasteiger partial charge < -0.3 is 4.74 Å². The zero-order chi connectivity index (χ0) is 14.4. The van der Waals surface area contributed by atoms with E-state index in [1.165, 1.54) is 12.8 Å². The molecule has 1 rings (SSSR count). The van der Waals surface area contributed by atoms with Crippen molar-refractivity contribution in [2.45, 2.75) is 12.8 Å². The second-order valence-corrected chi connectivity index (χ2v) is 1.73. The first-order chi connectivity index (χ1) is 8.16. The molecule has 0 aromatic heterocycles. The van der Waals surface area contributed by atoms with Crippen molar-refractivity contribution in [3.8, 4) is 0 Å². The Labute approximate surface area is 96.8 Å². The average Bonchev–Trinajstić information content (AvgIpc) is 2.79. The lowest BCUT2D eigenvalue weighted by Crippen LogP contribution is -1.74. The van der Waals surface area contributed by atoms with Crippen molar-refractivity contribution in [1.29, 1.82) is 21.6 Å². The number of nitrogens with one attached hydrogen (secondary N) is 4. The van der Waals surface area contributed by atoms with Gasteiger partial charge in [0.25, 0.3) is 0 Å². The summed E-state index contributed by atoms with van der Waals surface area (Å²) in [5.41, 5.74) is 0. The largest absolute Gasteiger partial charge is 0.381 e. The van der Waals surface area contributed by atoms with Crippen LogP contribution < -0.4 is 0 Å². The summed E-state index contributed by atoms with van der Waals surface area (Å²) in [6.45, 7) is 2.00. The average molecular weight is 244 g/mol. The van der Waals surface area contributed by atoms with Gasteiger partial charge >= 0.3 is 0 Å². The fourth-order valence-corrected chi connectivity index (χ4v) is 0.510. The molecule has 1 heterocycles. The van der Waals surface area contributed by atoms with E-state index in [0.717, 1.165) is 37.5 Å². The zero-order valence-electron chi connectivity index (χ0n) is 8.87. The lowest BCUT2D eigenvalue weighted by atomic mass is 10.4. The Morgan fingerprint density at radius 1 is 0.647 bits per heavy atom. The zero-order valence-corrected chi connectivity index (χ0v) is 8.87. The summed E-state index contributed by atoms with van der Waals surface area (Å²) in [6, 6.07) is 0. The second-order valence-electron chi connectivity index (χ2n) is 1.73. The van der Waals surface area contributed by atoms with Crippen LogP contribution in [-0.2, 0) is 23.9 Å². The third kappa shape index (κ3) is 289. The standard InChI is InChI=1S/C4H8O.4CHNO/c1-2-4-5-3-1;4*2-1-3/h1-4H2;4*2H. The summed E-state index contributed by atoms with van der Waals surface area (Å²) in [7, 11) is 0. The normalized spacial score (nSPS) is 8.94. The molecule has 0 bridgehead atoms. The number of hydrogen-bond acceptors (Lipinski definition) is 9. The molecule has 0 amide bonds. The smallest absolute Gasteiger partial charge is 0.231 e. The molecular formula is C8H12N4O5. The van der Waals surface area contributed by atoms with E-state index in [1.807, 2.05) is 0 Å². The first kappa shape index (κ1) is 24.0. The van der Waals surface area contributed by atoms with E-state index in [0.29, 0.717) is 0 Å². The summed E-state index contributed by atoms with van der Waals surface area (Å²) in [4.78, 5) is 33.4. The van der Waals surface area contributed by atoms with Crippen LogP contribution in [0.25, 0.3) is 0 Å². The Kier molecular flexibility index (Phi) is 70.5. The number of rotatable bonds is 0. The van der Waals surface area contributed by atoms with Crippen LogP contribution in [0, 0.1) is 21.6 Å². The number of ether oxygens (including phenoxy) is 1. The van der Waals surface area contributed by atoms with Gasteiger partial charge in [-0.05, 0) is 12.8 Å². The summed E-state index contributed by atoms with van der Waals surface area (Å²) < 4.78 is 4.94. The first-order valence-corrected chi connectivity index (χ1v) is 3.89. The summed E-state index contributed by atoms with van der Waals surface area (Å²) in [6.07, 6.45) is 5.56. The van der Waals surface area contributed by atoms with E-state index in [2.05, 4.69) is 0 Å². The van der Waals surface area contributed by atoms with Crippen LogP contribution in [0.3, 0.4) is 0 Å². The van der Waals surface area contributed by atoms with Gasteiger partial charge in [0.15, 0.2) is 0 Å². The van der Waals surface area contributed by atoms with E-state index in [-0.39, 0.29) is 0 Å². The molecular weight excluding hydrogens is 232 g/mol. The maximum Gasteiger partial charge on any atom is 0.231 e. The quantitative estimate of drug-likeness (QED) is 0.356. The Balaban J connectivity index is -0.0000000642. The molecule has 0 unspecified atom stereocenters. The monoisotopic (exact) mass is 244 g/mol. The highest BCUT2D eigenvalue weighted by molar-refractivity contribution is 5.26. The molecule has 0 aliphatic carbocycles. The summed E-state index contributed by atoms with van der Waals surface area (Å²) in [5, 5.41) is 21.6. The minimum absolute atomic E-state index is 0.750. The van der Waals surface area contributed by atoms with Gasteiger partial charge in [-0.1, -0.05) is 0 Å². The van der Waals surface area contributed by atoms with Crippen molar-refractivity contribution in [1.82, 2.24) is 0 Å². The van der Waals surface area contributed by atoms with E-state index in [1.54, 1.807) is 0 Å². The van der Waals surface area contributed by atoms with Crippen LogP contribution in [0.2, 0.25) is 0 Å². The van der Waals surface area contributed by atoms with Crippen molar-refractivity contribution < 1.29 is 23.9 Å². The van der Waals surface area contributed by atoms with E-state index >= 15 is 0 Å². The van der Waals surface area contributed by atoms with Crippen molar-refractivity contribution in [3.63, 3.8) is 0 Å². The summed E-state index contributed by atoms with van der Waals surface area (Å²) in [5.74, 6) is 0. The van der Waals surface area contributed by atoms with Gasteiger partial charge in [-0.3, -0.25) is 0 Å². The van der Waals surface area contributed by atoms with Gasteiger partial charge in [0, 0.05) is 13.2 Å². The molecule has 1 fully saturated rings. The first-order valence-electron chi connectivity index (χ1n) is 3.89. The maximum atomic E-state index is 8.35. The predicted octanol–water partition coefficient (Wildman–Crippen LogP) is 0.401. The van der Waals surface area contributed by atoms with Gasteiger partial charge in [-0.2, -0.15) is 0 Å². The van der Waals surface area contributed by atoms with Crippen LogP contribution in [0.1, 0.15) is 12.8 Å². The van der Waals surface area contributed by atoms with Crippen molar-refractivity contribution in [2.24, 2.45) is 0 Å². The Hall–Kier alpha value is -2.52. The Bertz CT molecular complexity index is 208. The van der Waals surface area contributed by atoms with E-state index in [4.69, 9.17) is 45.6 Å². The third-order valence-electron chi connectivity index (χ3n) is 0.827. The molecule has 9 heteroatoms. The molecule has 0 aromatic carbocycles. The van der Waals surface area contributed by atoms with Gasteiger partial charge in [0.2, 0.25) is 24.3 Å². The fraction of sp³-hybridized carbons (Fsp3) is 0.500. The minimum Gasteiger partial charge on any atom is -0.381 e. The maximum absolute atomic E-state index is 8.35. The predicted molar refractivity (Wildman–Crippen MR) is 53.7 cm³/mol. The molecule has 1 aliphatic heterocycles. The second kappa shape index (κ2) is 50.0. The molecule has 1 saturated heterocycles. The lowest BCUT2D eigenvalue weighted by molar-refractivity contribution is 0.198. The number of isocyanates is 4. The fourth-order valence-electron chi connectivity index (χ4n) is 0.510. The lowest BCUT2D eigenvalue weighted by Gasteiger charge is -1.76. The topological polar surface area (TPSA) is 173 Å². The van der Waals surface area contributed by atoms with Crippen LogP contribution in [0.5, 0.6) is 0 Å². The molecule has 94 valence electrons. The van der Waals surface area contributed by atoms with Gasteiger partial charge in [-0.15, -0.1) is 0 Å². The molecule has 4 N–H and O–H groups in total. The minimum atomic E-state index is 0.750. The van der Waals surface area contributed by atoms with E-state index in [9.17, 15) is 0 Å². The van der Waals surface area contributed by atoms with Gasteiger partial charge in [0.05, 0.1) is 0 Å². The summed E-state index contributed by atoms with van der Waals surface area (Å²) >= 11 is 0. The van der Waals surface area contributed by atoms with Crippen LogP contribution in [-0.4, -0.2) is 37.5 Å². The van der Waals surface area contributed by atoms with Crippen LogP contribution >= 0.6 is 0 Å². The SMILES string of the molecule is C1CCOC1.N=C=O.N=C=O.N=C=O.N=C=O. The number of carbonyl (C=O) groups excluding carboxylic acids is 4. The highest BCUT2D eigenvalue weighted by Gasteiger charge is 1.94. The molecule has 9 nitrogen and oxygen atoms in total. The molecule has 0 atom stereocenters. The highest BCUT2D eigenvalue weighted by Crippen LogP contribution is 1.98. The molecule has 0 spiro atoms. The third-order valence-corrected chi connectivity index (χ3v) is 0.827. The van der Waals surface area contributed by atoms with Gasteiger partial charge in [0.1, 0.15) is 0 Å². The molecule has 0 aromatic rings. The molecule has 0 saturated carbocycles. The van der Waals surface area contributed by atoms with E-state index < -0.39 is 0 Å².